The molecule has 0 radical (unpaired) electrons. The smallest absolute Gasteiger partial charge is 0.407 e. The fourth-order valence-corrected chi connectivity index (χ4v) is 6.32. The molecule has 2 fully saturated rings. The maximum Gasteiger partial charge on any atom is 0.407 e. The predicted molar refractivity (Wildman–Crippen MR) is 189 cm³/mol. The molecule has 0 bridgehead atoms. The van der Waals surface area contributed by atoms with Crippen molar-refractivity contribution in [2.24, 2.45) is 22.7 Å². The number of hydrogen-bond donors (Lipinski definition) is 4. The number of rotatable bonds is 20. The summed E-state index contributed by atoms with van der Waals surface area (Å²) in [4.78, 5) is 60.0. The zero-order valence-corrected chi connectivity index (χ0v) is 32.0. The zero-order chi connectivity index (χ0) is 38.4. The van der Waals surface area contributed by atoms with Crippen molar-refractivity contribution in [3.63, 3.8) is 0 Å². The largest absolute Gasteiger partial charge is 0.458 e. The molecule has 7 atom stereocenters. The number of carbonyl (C=O) groups excluding carboxylic acids is 5. The lowest BCUT2D eigenvalue weighted by atomic mass is 9.82. The molecule has 15 nitrogen and oxygen atoms in total. The Morgan fingerprint density at radius 3 is 1.61 bits per heavy atom. The van der Waals surface area contributed by atoms with Crippen LogP contribution in [0, 0.1) is 22.7 Å². The molecular weight excluding hydrogens is 664 g/mol. The van der Waals surface area contributed by atoms with Gasteiger partial charge in [-0.25, -0.2) is 19.2 Å². The lowest BCUT2D eigenvalue weighted by molar-refractivity contribution is -0.141. The monoisotopic (exact) mass is 726 g/mol. The molecule has 0 aliphatic carbocycles. The number of ether oxygens (including phenoxy) is 6. The van der Waals surface area contributed by atoms with Gasteiger partial charge in [0.15, 0.2) is 12.2 Å². The molecule has 2 aliphatic heterocycles. The van der Waals surface area contributed by atoms with Crippen LogP contribution in [0.3, 0.4) is 0 Å². The zero-order valence-electron chi connectivity index (χ0n) is 32.0. The first-order valence-corrected chi connectivity index (χ1v) is 17.9. The number of amides is 4. The van der Waals surface area contributed by atoms with Gasteiger partial charge in [-0.1, -0.05) is 48.1 Å². The summed E-state index contributed by atoms with van der Waals surface area (Å²) in [5.41, 5.74) is -0.0303. The standard InChI is InChI=1S/C36H62N4O11/c1-22(2)31(42)48-17-25(5)49-34(45)40-21-36(9,10)16-24(4)12-14-38-33(44)51-28-19-47-29-27(18-46-30(28)29)50-32(43)37-13-11-23(3)15-35(7,8)20-39-26(6)41/h23-25,27-30H,1,11-21H2,2-10H3,(H,37,43)(H,38,44)(H,39,41)(H,40,45). The van der Waals surface area contributed by atoms with Gasteiger partial charge in [0.25, 0.3) is 0 Å². The molecule has 292 valence electrons. The summed E-state index contributed by atoms with van der Waals surface area (Å²) in [5.74, 6) is -0.0311. The van der Waals surface area contributed by atoms with Crippen molar-refractivity contribution >= 4 is 30.2 Å². The van der Waals surface area contributed by atoms with Gasteiger partial charge in [0.1, 0.15) is 24.9 Å². The van der Waals surface area contributed by atoms with E-state index in [4.69, 9.17) is 28.4 Å². The van der Waals surface area contributed by atoms with Gasteiger partial charge in [-0.15, -0.1) is 0 Å². The van der Waals surface area contributed by atoms with Gasteiger partial charge in [-0.3, -0.25) is 4.79 Å². The van der Waals surface area contributed by atoms with E-state index in [1.54, 1.807) is 13.8 Å². The quantitative estimate of drug-likeness (QED) is 0.0799. The Labute approximate surface area is 302 Å². The van der Waals surface area contributed by atoms with E-state index in [0.29, 0.717) is 38.5 Å². The van der Waals surface area contributed by atoms with Gasteiger partial charge in [0, 0.05) is 38.7 Å². The van der Waals surface area contributed by atoms with Crippen molar-refractivity contribution in [1.29, 1.82) is 0 Å². The first-order chi connectivity index (χ1) is 23.8. The average molecular weight is 727 g/mol. The van der Waals surface area contributed by atoms with E-state index < -0.39 is 54.8 Å². The third kappa shape index (κ3) is 17.0. The summed E-state index contributed by atoms with van der Waals surface area (Å²) in [5, 5.41) is 11.2. The lowest BCUT2D eigenvalue weighted by Crippen LogP contribution is -2.40. The van der Waals surface area contributed by atoms with E-state index >= 15 is 0 Å². The summed E-state index contributed by atoms with van der Waals surface area (Å²) < 4.78 is 33.0. The molecule has 2 aliphatic rings. The van der Waals surface area contributed by atoms with E-state index in [0.717, 1.165) is 19.3 Å². The number of esters is 1. The number of alkyl carbamates (subject to hydrolysis) is 3. The Hall–Kier alpha value is -3.59. The minimum Gasteiger partial charge on any atom is -0.458 e. The summed E-state index contributed by atoms with van der Waals surface area (Å²) in [6, 6.07) is 0. The summed E-state index contributed by atoms with van der Waals surface area (Å²) >= 11 is 0. The summed E-state index contributed by atoms with van der Waals surface area (Å²) in [6.45, 7) is 22.7. The molecule has 15 heteroatoms. The second-order valence-corrected chi connectivity index (χ2v) is 15.7. The SMILES string of the molecule is C=C(C)C(=O)OCC(C)OC(=O)NCC(C)(C)CC(C)CCNC(=O)OC1COC2C(OC(=O)NCCC(C)CC(C)(C)CNC(C)=O)COC12. The first-order valence-electron chi connectivity index (χ1n) is 17.9. The van der Waals surface area contributed by atoms with Crippen LogP contribution in [0.2, 0.25) is 0 Å². The van der Waals surface area contributed by atoms with Gasteiger partial charge in [0.2, 0.25) is 5.91 Å². The van der Waals surface area contributed by atoms with E-state index in [1.807, 2.05) is 13.8 Å². The topological polar surface area (TPSA) is 189 Å². The van der Waals surface area contributed by atoms with E-state index in [2.05, 4.69) is 55.5 Å². The van der Waals surface area contributed by atoms with Crippen LogP contribution in [0.25, 0.3) is 0 Å². The van der Waals surface area contributed by atoms with Crippen LogP contribution in [0.5, 0.6) is 0 Å². The van der Waals surface area contributed by atoms with Gasteiger partial charge < -0.3 is 49.7 Å². The molecule has 0 saturated carbocycles. The van der Waals surface area contributed by atoms with Crippen LogP contribution in [0.1, 0.15) is 88.0 Å². The second-order valence-electron chi connectivity index (χ2n) is 15.7. The average Bonchev–Trinajstić information content (AvgIpc) is 3.60. The summed E-state index contributed by atoms with van der Waals surface area (Å²) in [6.07, 6.45) is -1.53. The molecule has 51 heavy (non-hydrogen) atoms. The van der Waals surface area contributed by atoms with Crippen LogP contribution in [0.15, 0.2) is 12.2 Å². The van der Waals surface area contributed by atoms with Crippen LogP contribution in [0.4, 0.5) is 14.4 Å². The van der Waals surface area contributed by atoms with E-state index in [9.17, 15) is 24.0 Å². The van der Waals surface area contributed by atoms with Crippen LogP contribution in [-0.2, 0) is 38.0 Å². The molecule has 4 amide bonds. The van der Waals surface area contributed by atoms with Gasteiger partial charge in [-0.2, -0.15) is 0 Å². The van der Waals surface area contributed by atoms with Crippen molar-refractivity contribution < 1.29 is 52.4 Å². The van der Waals surface area contributed by atoms with Crippen LogP contribution in [-0.4, -0.2) is 107 Å². The Balaban J connectivity index is 1.62. The Bertz CT molecular complexity index is 1190. The molecule has 2 heterocycles. The van der Waals surface area contributed by atoms with E-state index in [1.165, 1.54) is 6.92 Å². The van der Waals surface area contributed by atoms with Crippen molar-refractivity contribution in [3.05, 3.63) is 12.2 Å². The number of fused-ring (bicyclic) bond motifs is 1. The highest BCUT2D eigenvalue weighted by molar-refractivity contribution is 5.86. The minimum absolute atomic E-state index is 0.0490. The van der Waals surface area contributed by atoms with Gasteiger partial charge in [-0.05, 0) is 62.2 Å². The molecule has 0 aromatic heterocycles. The molecule has 4 N–H and O–H groups in total. The first kappa shape index (κ1) is 43.6. The highest BCUT2D eigenvalue weighted by atomic mass is 16.7. The number of hydrogen-bond acceptors (Lipinski definition) is 11. The molecule has 7 unspecified atom stereocenters. The summed E-state index contributed by atoms with van der Waals surface area (Å²) in [7, 11) is 0. The molecule has 2 rings (SSSR count). The van der Waals surface area contributed by atoms with E-state index in [-0.39, 0.29) is 48.0 Å². The third-order valence-corrected chi connectivity index (χ3v) is 8.73. The van der Waals surface area contributed by atoms with Crippen molar-refractivity contribution in [1.82, 2.24) is 21.3 Å². The third-order valence-electron chi connectivity index (χ3n) is 8.73. The van der Waals surface area contributed by atoms with Crippen LogP contribution < -0.4 is 21.3 Å². The lowest BCUT2D eigenvalue weighted by Gasteiger charge is -2.28. The maximum absolute atomic E-state index is 12.6. The maximum atomic E-state index is 12.6. The highest BCUT2D eigenvalue weighted by Crippen LogP contribution is 2.31. The molecule has 0 spiro atoms. The van der Waals surface area contributed by atoms with Gasteiger partial charge >= 0.3 is 24.2 Å². The normalized spacial score (nSPS) is 21.7. The fraction of sp³-hybridized carbons (Fsp3) is 0.806. The van der Waals surface area contributed by atoms with Crippen molar-refractivity contribution in [2.45, 2.75) is 119 Å². The van der Waals surface area contributed by atoms with Gasteiger partial charge in [0.05, 0.1) is 13.2 Å². The Morgan fingerprint density at radius 1 is 0.725 bits per heavy atom. The van der Waals surface area contributed by atoms with Crippen molar-refractivity contribution in [3.8, 4) is 0 Å². The van der Waals surface area contributed by atoms with Crippen LogP contribution >= 0.6 is 0 Å². The Morgan fingerprint density at radius 2 is 1.18 bits per heavy atom. The highest BCUT2D eigenvalue weighted by Gasteiger charge is 2.51. The minimum atomic E-state index is -0.628. The number of carbonyl (C=O) groups is 5. The molecular formula is C36H62N4O11. The molecule has 0 aromatic rings. The van der Waals surface area contributed by atoms with Crippen molar-refractivity contribution in [2.75, 3.05) is 46.0 Å². The molecule has 2 saturated heterocycles. The predicted octanol–water partition coefficient (Wildman–Crippen LogP) is 4.23. The second kappa shape index (κ2) is 20.4. The fourth-order valence-electron chi connectivity index (χ4n) is 6.32. The Kier molecular flexibility index (Phi) is 17.5. The number of nitrogens with one attached hydrogen (secondary N) is 4. The molecule has 0 aromatic carbocycles.